The minimum atomic E-state index is -3.45. The van der Waals surface area contributed by atoms with Gasteiger partial charge in [-0.1, -0.05) is 6.92 Å². The van der Waals surface area contributed by atoms with E-state index in [9.17, 15) is 8.42 Å². The van der Waals surface area contributed by atoms with Crippen LogP contribution in [0.3, 0.4) is 0 Å². The number of hydrogen-bond donors (Lipinski definition) is 3. The quantitative estimate of drug-likeness (QED) is 0.675. The Morgan fingerprint density at radius 3 is 2.75 bits per heavy atom. The Kier molecular flexibility index (Phi) is 3.00. The highest BCUT2D eigenvalue weighted by atomic mass is 32.2. The topological polar surface area (TPSA) is 86.9 Å². The summed E-state index contributed by atoms with van der Waals surface area (Å²) in [5, 5.41) is 9.50. The van der Waals surface area contributed by atoms with Gasteiger partial charge in [0.1, 0.15) is 4.90 Å². The van der Waals surface area contributed by atoms with Crippen molar-refractivity contribution in [1.82, 2.24) is 20.2 Å². The third-order valence-electron chi connectivity index (χ3n) is 2.90. The second kappa shape index (κ2) is 4.15. The van der Waals surface area contributed by atoms with Crippen LogP contribution in [0.15, 0.2) is 11.1 Å². The van der Waals surface area contributed by atoms with Crippen LogP contribution < -0.4 is 10.0 Å². The van der Waals surface area contributed by atoms with Crippen molar-refractivity contribution in [2.24, 2.45) is 5.92 Å². The molecule has 2 atom stereocenters. The van der Waals surface area contributed by atoms with E-state index in [4.69, 9.17) is 0 Å². The number of hydrogen-bond acceptors (Lipinski definition) is 4. The molecule has 7 heteroatoms. The third-order valence-corrected chi connectivity index (χ3v) is 4.50. The van der Waals surface area contributed by atoms with Crippen molar-refractivity contribution in [2.45, 2.75) is 24.8 Å². The smallest absolute Gasteiger partial charge is 0.244 e. The van der Waals surface area contributed by atoms with Gasteiger partial charge < -0.3 is 5.32 Å². The standard InChI is InChI=1S/C9H16N4O2S/c1-6-3-10-4-8(6)13-16(14,15)9-5-11-12-7(9)2/h5-6,8,10,13H,3-4H2,1-2H3,(H,11,12). The Bertz CT molecular complexity index is 468. The number of nitrogens with one attached hydrogen (secondary N) is 3. The lowest BCUT2D eigenvalue weighted by Gasteiger charge is -2.15. The molecule has 6 nitrogen and oxygen atoms in total. The van der Waals surface area contributed by atoms with Gasteiger partial charge in [0.15, 0.2) is 0 Å². The van der Waals surface area contributed by atoms with Crippen molar-refractivity contribution < 1.29 is 8.42 Å². The minimum absolute atomic E-state index is 0.0423. The third kappa shape index (κ3) is 2.11. The van der Waals surface area contributed by atoms with Gasteiger partial charge in [-0.3, -0.25) is 5.10 Å². The summed E-state index contributed by atoms with van der Waals surface area (Å²) in [4.78, 5) is 0.228. The fraction of sp³-hybridized carbons (Fsp3) is 0.667. The Hall–Kier alpha value is -0.920. The van der Waals surface area contributed by atoms with Crippen LogP contribution in [0.1, 0.15) is 12.6 Å². The normalized spacial score (nSPS) is 26.1. The van der Waals surface area contributed by atoms with Gasteiger partial charge in [0, 0.05) is 12.6 Å². The van der Waals surface area contributed by atoms with E-state index in [1.165, 1.54) is 6.20 Å². The molecule has 1 fully saturated rings. The summed E-state index contributed by atoms with van der Waals surface area (Å²) in [6.07, 6.45) is 1.34. The highest BCUT2D eigenvalue weighted by Crippen LogP contribution is 2.15. The average Bonchev–Trinajstić information content (AvgIpc) is 2.76. The van der Waals surface area contributed by atoms with Crippen LogP contribution in [0.25, 0.3) is 0 Å². The van der Waals surface area contributed by atoms with Crippen molar-refractivity contribution in [3.8, 4) is 0 Å². The molecule has 0 bridgehead atoms. The molecule has 0 spiro atoms. The molecule has 90 valence electrons. The van der Waals surface area contributed by atoms with Gasteiger partial charge in [-0.25, -0.2) is 13.1 Å². The maximum atomic E-state index is 12.0. The molecular weight excluding hydrogens is 228 g/mol. The molecule has 0 aliphatic carbocycles. The zero-order chi connectivity index (χ0) is 11.8. The van der Waals surface area contributed by atoms with Crippen LogP contribution >= 0.6 is 0 Å². The van der Waals surface area contributed by atoms with Crippen molar-refractivity contribution in [3.63, 3.8) is 0 Å². The number of sulfonamides is 1. The van der Waals surface area contributed by atoms with E-state index in [0.717, 1.165) is 6.54 Å². The van der Waals surface area contributed by atoms with Gasteiger partial charge >= 0.3 is 0 Å². The molecule has 0 aromatic carbocycles. The molecule has 2 heterocycles. The van der Waals surface area contributed by atoms with E-state index in [0.29, 0.717) is 18.2 Å². The summed E-state index contributed by atoms with van der Waals surface area (Å²) in [6, 6.07) is -0.0423. The summed E-state index contributed by atoms with van der Waals surface area (Å²) in [7, 11) is -3.45. The van der Waals surface area contributed by atoms with Crippen molar-refractivity contribution in [2.75, 3.05) is 13.1 Å². The molecular formula is C9H16N4O2S. The van der Waals surface area contributed by atoms with E-state index in [2.05, 4.69) is 20.2 Å². The maximum Gasteiger partial charge on any atom is 0.244 e. The van der Waals surface area contributed by atoms with Crippen molar-refractivity contribution in [1.29, 1.82) is 0 Å². The van der Waals surface area contributed by atoms with Gasteiger partial charge in [0.2, 0.25) is 10.0 Å². The lowest BCUT2D eigenvalue weighted by Crippen LogP contribution is -2.39. The van der Waals surface area contributed by atoms with Crippen LogP contribution in [0.5, 0.6) is 0 Å². The summed E-state index contributed by atoms with van der Waals surface area (Å²) >= 11 is 0. The molecule has 0 amide bonds. The molecule has 2 rings (SSSR count). The first-order valence-corrected chi connectivity index (χ1v) is 6.72. The lowest BCUT2D eigenvalue weighted by molar-refractivity contribution is 0.502. The van der Waals surface area contributed by atoms with Crippen LogP contribution in [0.4, 0.5) is 0 Å². The molecule has 1 aromatic heterocycles. The Labute approximate surface area is 94.9 Å². The molecule has 0 radical (unpaired) electrons. The van der Waals surface area contributed by atoms with E-state index < -0.39 is 10.0 Å². The minimum Gasteiger partial charge on any atom is -0.315 e. The first-order valence-electron chi connectivity index (χ1n) is 5.24. The average molecular weight is 244 g/mol. The second-order valence-electron chi connectivity index (χ2n) is 4.22. The summed E-state index contributed by atoms with van der Waals surface area (Å²) in [6.45, 7) is 5.24. The fourth-order valence-electron chi connectivity index (χ4n) is 1.84. The van der Waals surface area contributed by atoms with E-state index >= 15 is 0 Å². The summed E-state index contributed by atoms with van der Waals surface area (Å²) < 4.78 is 26.7. The van der Waals surface area contributed by atoms with Gasteiger partial charge in [0.05, 0.1) is 11.9 Å². The monoisotopic (exact) mass is 244 g/mol. The highest BCUT2D eigenvalue weighted by Gasteiger charge is 2.29. The molecule has 1 saturated heterocycles. The van der Waals surface area contributed by atoms with Crippen LogP contribution in [-0.2, 0) is 10.0 Å². The van der Waals surface area contributed by atoms with Gasteiger partial charge in [0.25, 0.3) is 0 Å². The van der Waals surface area contributed by atoms with Crippen molar-refractivity contribution >= 4 is 10.0 Å². The predicted molar refractivity (Wildman–Crippen MR) is 59.5 cm³/mol. The van der Waals surface area contributed by atoms with Gasteiger partial charge in [-0.15, -0.1) is 0 Å². The molecule has 3 N–H and O–H groups in total. The zero-order valence-electron chi connectivity index (χ0n) is 9.32. The number of H-pyrrole nitrogens is 1. The number of nitrogens with zero attached hydrogens (tertiary/aromatic N) is 1. The fourth-order valence-corrected chi connectivity index (χ4v) is 3.32. The highest BCUT2D eigenvalue weighted by molar-refractivity contribution is 7.89. The molecule has 1 aliphatic heterocycles. The van der Waals surface area contributed by atoms with Crippen molar-refractivity contribution in [3.05, 3.63) is 11.9 Å². The Morgan fingerprint density at radius 2 is 2.25 bits per heavy atom. The lowest BCUT2D eigenvalue weighted by atomic mass is 10.1. The molecule has 16 heavy (non-hydrogen) atoms. The summed E-state index contributed by atoms with van der Waals surface area (Å²) in [5.74, 6) is 0.307. The SMILES string of the molecule is Cc1[nH]ncc1S(=O)(=O)NC1CNCC1C. The number of aromatic amines is 1. The Morgan fingerprint density at radius 1 is 1.50 bits per heavy atom. The van der Waals surface area contributed by atoms with Crippen LogP contribution in [-0.4, -0.2) is 37.7 Å². The molecule has 1 aromatic rings. The maximum absolute atomic E-state index is 12.0. The largest absolute Gasteiger partial charge is 0.315 e. The summed E-state index contributed by atoms with van der Waals surface area (Å²) in [5.41, 5.74) is 0.561. The molecule has 0 saturated carbocycles. The first-order chi connectivity index (χ1) is 7.50. The molecule has 1 aliphatic rings. The zero-order valence-corrected chi connectivity index (χ0v) is 10.1. The van der Waals surface area contributed by atoms with E-state index in [1.54, 1.807) is 6.92 Å². The second-order valence-corrected chi connectivity index (χ2v) is 5.90. The number of aryl methyl sites for hydroxylation is 1. The predicted octanol–water partition coefficient (Wildman–Crippen LogP) is -0.396. The van der Waals surface area contributed by atoms with Crippen LogP contribution in [0.2, 0.25) is 0 Å². The van der Waals surface area contributed by atoms with Gasteiger partial charge in [-0.05, 0) is 19.4 Å². The number of aromatic nitrogens is 2. The van der Waals surface area contributed by atoms with Crippen LogP contribution in [0, 0.1) is 12.8 Å². The van der Waals surface area contributed by atoms with E-state index in [1.807, 2.05) is 6.92 Å². The Balaban J connectivity index is 2.18. The molecule has 2 unspecified atom stereocenters. The first kappa shape index (κ1) is 11.6. The van der Waals surface area contributed by atoms with E-state index in [-0.39, 0.29) is 10.9 Å². The number of rotatable bonds is 3. The van der Waals surface area contributed by atoms with Gasteiger partial charge in [-0.2, -0.15) is 5.10 Å².